The lowest BCUT2D eigenvalue weighted by atomic mass is 10.0. The second-order valence-corrected chi connectivity index (χ2v) is 5.79. The van der Waals surface area contributed by atoms with E-state index in [1.807, 2.05) is 13.8 Å². The Bertz CT molecular complexity index is 676. The summed E-state index contributed by atoms with van der Waals surface area (Å²) in [4.78, 5) is 12.6. The van der Waals surface area contributed by atoms with E-state index in [1.165, 1.54) is 6.07 Å². The second kappa shape index (κ2) is 6.69. The summed E-state index contributed by atoms with van der Waals surface area (Å²) >= 11 is 18.3. The van der Waals surface area contributed by atoms with Gasteiger partial charge in [0.25, 0.3) is 0 Å². The molecule has 0 N–H and O–H groups in total. The molecule has 5 heteroatoms. The van der Waals surface area contributed by atoms with Gasteiger partial charge >= 0.3 is 0 Å². The molecule has 0 spiro atoms. The van der Waals surface area contributed by atoms with Gasteiger partial charge < -0.3 is 4.74 Å². The van der Waals surface area contributed by atoms with E-state index >= 15 is 0 Å². The summed E-state index contributed by atoms with van der Waals surface area (Å²) in [5.41, 5.74) is 1.70. The molecule has 21 heavy (non-hydrogen) atoms. The zero-order valence-corrected chi connectivity index (χ0v) is 13.8. The van der Waals surface area contributed by atoms with Gasteiger partial charge in [-0.15, -0.1) is 0 Å². The van der Waals surface area contributed by atoms with Crippen molar-refractivity contribution < 1.29 is 9.53 Å². The van der Waals surface area contributed by atoms with Crippen molar-refractivity contribution in [1.29, 1.82) is 0 Å². The Balaban J connectivity index is 2.46. The molecule has 0 aliphatic carbocycles. The predicted octanol–water partition coefficient (Wildman–Crippen LogP) is 5.58. The summed E-state index contributed by atoms with van der Waals surface area (Å²) in [6, 6.07) is 8.23. The average molecular weight is 344 g/mol. The molecule has 0 aliphatic heterocycles. The Morgan fingerprint density at radius 3 is 2.38 bits per heavy atom. The first kappa shape index (κ1) is 16.2. The van der Waals surface area contributed by atoms with E-state index in [0.29, 0.717) is 38.6 Å². The summed E-state index contributed by atoms with van der Waals surface area (Å²) in [5, 5.41) is 1.15. The van der Waals surface area contributed by atoms with Crippen LogP contribution in [0, 0.1) is 6.92 Å². The molecule has 2 aromatic carbocycles. The van der Waals surface area contributed by atoms with Crippen LogP contribution in [0.5, 0.6) is 5.75 Å². The van der Waals surface area contributed by atoms with Gasteiger partial charge in [0.05, 0.1) is 16.7 Å². The molecule has 0 saturated heterocycles. The fourth-order valence-electron chi connectivity index (χ4n) is 1.99. The van der Waals surface area contributed by atoms with Crippen LogP contribution in [0.15, 0.2) is 30.3 Å². The molecule has 0 saturated carbocycles. The largest absolute Gasteiger partial charge is 0.492 e. The Morgan fingerprint density at radius 1 is 1.05 bits per heavy atom. The lowest BCUT2D eigenvalue weighted by Crippen LogP contribution is -2.04. The normalized spacial score (nSPS) is 10.5. The van der Waals surface area contributed by atoms with Gasteiger partial charge in [0, 0.05) is 22.2 Å². The Hall–Kier alpha value is -1.22. The van der Waals surface area contributed by atoms with E-state index in [9.17, 15) is 4.79 Å². The second-order valence-electron chi connectivity index (χ2n) is 4.54. The molecule has 2 aromatic rings. The molecule has 0 fully saturated rings. The van der Waals surface area contributed by atoms with Gasteiger partial charge in [-0.2, -0.15) is 0 Å². The number of hydrogen-bond acceptors (Lipinski definition) is 2. The minimum atomic E-state index is -0.226. The molecular formula is C16H13Cl3O2. The topological polar surface area (TPSA) is 26.3 Å². The van der Waals surface area contributed by atoms with Gasteiger partial charge in [-0.25, -0.2) is 0 Å². The number of benzene rings is 2. The third-order valence-electron chi connectivity index (χ3n) is 2.87. The molecule has 0 unspecified atom stereocenters. The van der Waals surface area contributed by atoms with Crippen LogP contribution < -0.4 is 4.74 Å². The van der Waals surface area contributed by atoms with Crippen molar-refractivity contribution in [3.8, 4) is 5.75 Å². The first-order chi connectivity index (χ1) is 9.92. The Morgan fingerprint density at radius 2 is 1.76 bits per heavy atom. The first-order valence-corrected chi connectivity index (χ1v) is 7.49. The van der Waals surface area contributed by atoms with Gasteiger partial charge in [-0.3, -0.25) is 4.79 Å². The molecule has 0 heterocycles. The van der Waals surface area contributed by atoms with Crippen LogP contribution in [0.4, 0.5) is 0 Å². The standard InChI is InChI=1S/C16H13Cl3O2/c1-3-21-15-8-13(18)12(7-14(15)19)16(20)10-4-9(2)5-11(17)6-10/h4-8H,3H2,1-2H3. The number of ketones is 1. The van der Waals surface area contributed by atoms with Crippen LogP contribution in [-0.2, 0) is 0 Å². The number of hydrogen-bond donors (Lipinski definition) is 0. The Labute approximate surface area is 138 Å². The predicted molar refractivity (Wildman–Crippen MR) is 87.3 cm³/mol. The molecule has 0 atom stereocenters. The maximum Gasteiger partial charge on any atom is 0.194 e. The number of carbonyl (C=O) groups is 1. The van der Waals surface area contributed by atoms with E-state index in [-0.39, 0.29) is 5.78 Å². The van der Waals surface area contributed by atoms with Gasteiger partial charge in [0.15, 0.2) is 5.78 Å². The van der Waals surface area contributed by atoms with Gasteiger partial charge in [-0.05, 0) is 43.7 Å². The fraction of sp³-hybridized carbons (Fsp3) is 0.188. The van der Waals surface area contributed by atoms with Crippen molar-refractivity contribution in [2.75, 3.05) is 6.61 Å². The quantitative estimate of drug-likeness (QED) is 0.677. The minimum absolute atomic E-state index is 0.226. The maximum atomic E-state index is 12.6. The van der Waals surface area contributed by atoms with Crippen LogP contribution in [0.25, 0.3) is 0 Å². The summed E-state index contributed by atoms with van der Waals surface area (Å²) < 4.78 is 5.35. The molecule has 0 aliphatic rings. The first-order valence-electron chi connectivity index (χ1n) is 6.36. The molecule has 2 nitrogen and oxygen atoms in total. The highest BCUT2D eigenvalue weighted by Crippen LogP contribution is 2.32. The van der Waals surface area contributed by atoms with Crippen LogP contribution in [0.1, 0.15) is 28.4 Å². The zero-order valence-electron chi connectivity index (χ0n) is 11.5. The highest BCUT2D eigenvalue weighted by atomic mass is 35.5. The number of rotatable bonds is 4. The van der Waals surface area contributed by atoms with E-state index in [2.05, 4.69) is 0 Å². The molecule has 0 radical (unpaired) electrons. The van der Waals surface area contributed by atoms with Crippen molar-refractivity contribution in [2.45, 2.75) is 13.8 Å². The van der Waals surface area contributed by atoms with Crippen molar-refractivity contribution in [1.82, 2.24) is 0 Å². The van der Waals surface area contributed by atoms with Gasteiger partial charge in [0.1, 0.15) is 5.75 Å². The van der Waals surface area contributed by atoms with Crippen molar-refractivity contribution in [2.24, 2.45) is 0 Å². The number of carbonyl (C=O) groups excluding carboxylic acids is 1. The Kier molecular flexibility index (Phi) is 5.15. The van der Waals surface area contributed by atoms with Crippen molar-refractivity contribution in [3.63, 3.8) is 0 Å². The maximum absolute atomic E-state index is 12.6. The van der Waals surface area contributed by atoms with E-state index < -0.39 is 0 Å². The molecule has 0 aromatic heterocycles. The van der Waals surface area contributed by atoms with Crippen LogP contribution in [0.2, 0.25) is 15.1 Å². The molecule has 0 amide bonds. The van der Waals surface area contributed by atoms with Crippen LogP contribution in [0.3, 0.4) is 0 Å². The van der Waals surface area contributed by atoms with Crippen molar-refractivity contribution >= 4 is 40.6 Å². The third-order valence-corrected chi connectivity index (χ3v) is 3.70. The minimum Gasteiger partial charge on any atom is -0.492 e. The molecule has 0 bridgehead atoms. The lowest BCUT2D eigenvalue weighted by Gasteiger charge is -2.10. The summed E-state index contributed by atoms with van der Waals surface area (Å²) in [7, 11) is 0. The highest BCUT2D eigenvalue weighted by molar-refractivity contribution is 6.38. The van der Waals surface area contributed by atoms with E-state index in [0.717, 1.165) is 5.56 Å². The van der Waals surface area contributed by atoms with Gasteiger partial charge in [0.2, 0.25) is 0 Å². The third kappa shape index (κ3) is 3.70. The molecule has 110 valence electrons. The molecule has 2 rings (SSSR count). The number of aryl methyl sites for hydroxylation is 1. The smallest absolute Gasteiger partial charge is 0.194 e. The number of halogens is 3. The van der Waals surface area contributed by atoms with Crippen molar-refractivity contribution in [3.05, 3.63) is 62.1 Å². The van der Waals surface area contributed by atoms with E-state index in [4.69, 9.17) is 39.5 Å². The lowest BCUT2D eigenvalue weighted by molar-refractivity contribution is 0.103. The van der Waals surface area contributed by atoms with Crippen LogP contribution >= 0.6 is 34.8 Å². The monoisotopic (exact) mass is 342 g/mol. The van der Waals surface area contributed by atoms with Crippen LogP contribution in [-0.4, -0.2) is 12.4 Å². The highest BCUT2D eigenvalue weighted by Gasteiger charge is 2.17. The van der Waals surface area contributed by atoms with Gasteiger partial charge in [-0.1, -0.05) is 34.8 Å². The average Bonchev–Trinajstić information content (AvgIpc) is 2.41. The molecular weight excluding hydrogens is 331 g/mol. The summed E-state index contributed by atoms with van der Waals surface area (Å²) in [5.74, 6) is 0.235. The summed E-state index contributed by atoms with van der Waals surface area (Å²) in [6.45, 7) is 4.18. The fourth-order valence-corrected chi connectivity index (χ4v) is 2.74. The zero-order chi connectivity index (χ0) is 15.6. The number of ether oxygens (including phenoxy) is 1. The van der Waals surface area contributed by atoms with E-state index in [1.54, 1.807) is 24.3 Å². The SMILES string of the molecule is CCOc1cc(Cl)c(C(=O)c2cc(C)cc(Cl)c2)cc1Cl. The summed E-state index contributed by atoms with van der Waals surface area (Å²) in [6.07, 6.45) is 0.